The van der Waals surface area contributed by atoms with Gasteiger partial charge in [-0.05, 0) is 12.5 Å². The highest BCUT2D eigenvalue weighted by Gasteiger charge is 1.96. The van der Waals surface area contributed by atoms with Crippen LogP contribution in [-0.2, 0) is 6.54 Å². The Morgan fingerprint density at radius 3 is 2.76 bits per heavy atom. The Balaban J connectivity index is 0.00000256. The van der Waals surface area contributed by atoms with Crippen molar-refractivity contribution < 1.29 is 0 Å². The second kappa shape index (κ2) is 8.88. The molecule has 4 heteroatoms. The zero-order chi connectivity index (χ0) is 11.8. The summed E-state index contributed by atoms with van der Waals surface area (Å²) in [4.78, 5) is 4.06. The molecule has 3 nitrogen and oxygen atoms in total. The molecule has 0 atom stereocenters. The van der Waals surface area contributed by atoms with Crippen LogP contribution in [0.25, 0.3) is 0 Å². The van der Waals surface area contributed by atoms with Gasteiger partial charge in [0.05, 0.1) is 6.54 Å². The van der Waals surface area contributed by atoms with Crippen molar-refractivity contribution in [3.05, 3.63) is 35.4 Å². The number of nitrogens with zero attached hydrogens (tertiary/aromatic N) is 1. The van der Waals surface area contributed by atoms with Crippen LogP contribution in [0, 0.1) is 19.3 Å². The minimum Gasteiger partial charge on any atom is -0.352 e. The summed E-state index contributed by atoms with van der Waals surface area (Å²) in [6.45, 7) is 3.30. The first kappa shape index (κ1) is 15.8. The van der Waals surface area contributed by atoms with E-state index in [1.54, 1.807) is 7.05 Å². The van der Waals surface area contributed by atoms with Crippen molar-refractivity contribution in [3.8, 4) is 12.3 Å². The van der Waals surface area contributed by atoms with E-state index in [1.165, 1.54) is 11.1 Å². The maximum absolute atomic E-state index is 5.16. The molecule has 0 unspecified atom stereocenters. The number of aliphatic imine (C=N–C) groups is 1. The first-order valence-corrected chi connectivity index (χ1v) is 5.20. The van der Waals surface area contributed by atoms with Crippen molar-refractivity contribution in [2.45, 2.75) is 13.5 Å². The molecule has 2 N–H and O–H groups in total. The number of rotatable bonds is 3. The maximum Gasteiger partial charge on any atom is 0.192 e. The van der Waals surface area contributed by atoms with E-state index in [1.807, 2.05) is 6.07 Å². The molecule has 0 aliphatic carbocycles. The zero-order valence-corrected chi connectivity index (χ0v) is 12.5. The van der Waals surface area contributed by atoms with Gasteiger partial charge in [-0.1, -0.05) is 35.7 Å². The van der Waals surface area contributed by atoms with Crippen molar-refractivity contribution >= 4 is 29.9 Å². The van der Waals surface area contributed by atoms with Crippen molar-refractivity contribution in [1.82, 2.24) is 10.6 Å². The Kier molecular flexibility index (Phi) is 8.24. The molecule has 92 valence electrons. The lowest BCUT2D eigenvalue weighted by molar-refractivity contribution is 0.850. The number of hydrogen-bond acceptors (Lipinski definition) is 1. The van der Waals surface area contributed by atoms with E-state index in [4.69, 9.17) is 6.42 Å². The summed E-state index contributed by atoms with van der Waals surface area (Å²) in [5, 5.41) is 6.20. The second-order valence-electron chi connectivity index (χ2n) is 3.47. The quantitative estimate of drug-likeness (QED) is 0.381. The Bertz CT molecular complexity index is 407. The molecule has 0 saturated carbocycles. The average molecular weight is 343 g/mol. The van der Waals surface area contributed by atoms with Gasteiger partial charge in [0.15, 0.2) is 5.96 Å². The Labute approximate surface area is 120 Å². The largest absolute Gasteiger partial charge is 0.352 e. The second-order valence-corrected chi connectivity index (χ2v) is 3.47. The molecule has 0 heterocycles. The van der Waals surface area contributed by atoms with Crippen LogP contribution >= 0.6 is 24.0 Å². The van der Waals surface area contributed by atoms with Gasteiger partial charge in [-0.15, -0.1) is 30.4 Å². The van der Waals surface area contributed by atoms with E-state index < -0.39 is 0 Å². The first-order chi connectivity index (χ1) is 7.76. The SMILES string of the molecule is C#CCNC(=NC)NCc1cccc(C)c1.I. The molecule has 0 bridgehead atoms. The van der Waals surface area contributed by atoms with E-state index >= 15 is 0 Å². The standard InChI is InChI=1S/C13H17N3.HI/c1-4-8-15-13(14-3)16-10-12-7-5-6-11(2)9-12;/h1,5-7,9H,8,10H2,2-3H3,(H2,14,15,16);1H. The van der Waals surface area contributed by atoms with Gasteiger partial charge in [-0.2, -0.15) is 0 Å². The van der Waals surface area contributed by atoms with Crippen molar-refractivity contribution in [3.63, 3.8) is 0 Å². The number of aryl methyl sites for hydroxylation is 1. The summed E-state index contributed by atoms with van der Waals surface area (Å²) in [5.74, 6) is 3.23. The molecule has 1 aromatic rings. The zero-order valence-electron chi connectivity index (χ0n) is 10.2. The minimum absolute atomic E-state index is 0. The smallest absolute Gasteiger partial charge is 0.192 e. The van der Waals surface area contributed by atoms with Gasteiger partial charge in [0.2, 0.25) is 0 Å². The van der Waals surface area contributed by atoms with Gasteiger partial charge >= 0.3 is 0 Å². The van der Waals surface area contributed by atoms with Gasteiger partial charge in [0.25, 0.3) is 0 Å². The number of nitrogens with one attached hydrogen (secondary N) is 2. The molecule has 0 aliphatic rings. The molecule has 0 amide bonds. The fourth-order valence-electron chi connectivity index (χ4n) is 1.36. The van der Waals surface area contributed by atoms with E-state index in [2.05, 4.69) is 46.7 Å². The topological polar surface area (TPSA) is 36.4 Å². The van der Waals surface area contributed by atoms with E-state index in [-0.39, 0.29) is 24.0 Å². The molecule has 0 spiro atoms. The van der Waals surface area contributed by atoms with Crippen molar-refractivity contribution in [2.24, 2.45) is 4.99 Å². The minimum atomic E-state index is 0. The first-order valence-electron chi connectivity index (χ1n) is 5.20. The van der Waals surface area contributed by atoms with Crippen LogP contribution < -0.4 is 10.6 Å². The van der Waals surface area contributed by atoms with Gasteiger partial charge in [-0.25, -0.2) is 0 Å². The third-order valence-corrected chi connectivity index (χ3v) is 2.12. The number of benzene rings is 1. The molecule has 1 rings (SSSR count). The number of terminal acetylenes is 1. The van der Waals surface area contributed by atoms with Crippen LogP contribution in [0.15, 0.2) is 29.3 Å². The highest BCUT2D eigenvalue weighted by molar-refractivity contribution is 14.0. The van der Waals surface area contributed by atoms with Crippen LogP contribution in [-0.4, -0.2) is 19.6 Å². The molecule has 0 saturated heterocycles. The normalized spacial score (nSPS) is 10.1. The van der Waals surface area contributed by atoms with Crippen molar-refractivity contribution in [2.75, 3.05) is 13.6 Å². The number of guanidine groups is 1. The molecule has 1 aromatic carbocycles. The molecule has 0 fully saturated rings. The lowest BCUT2D eigenvalue weighted by Gasteiger charge is -2.10. The van der Waals surface area contributed by atoms with Gasteiger partial charge in [0, 0.05) is 13.6 Å². The van der Waals surface area contributed by atoms with Crippen LogP contribution in [0.4, 0.5) is 0 Å². The predicted octanol–water partition coefficient (Wildman–Crippen LogP) is 1.91. The molecule has 0 aliphatic heterocycles. The maximum atomic E-state index is 5.16. The van der Waals surface area contributed by atoms with Crippen LogP contribution in [0.3, 0.4) is 0 Å². The molecular formula is C13H18IN3. The van der Waals surface area contributed by atoms with E-state index in [0.717, 1.165) is 12.5 Å². The van der Waals surface area contributed by atoms with Gasteiger partial charge < -0.3 is 10.6 Å². The summed E-state index contributed by atoms with van der Waals surface area (Å²) in [7, 11) is 1.72. The highest BCUT2D eigenvalue weighted by Crippen LogP contribution is 2.02. The predicted molar refractivity (Wildman–Crippen MR) is 83.6 cm³/mol. The average Bonchev–Trinajstić information content (AvgIpc) is 2.29. The fraction of sp³-hybridized carbons (Fsp3) is 0.308. The molecule has 0 radical (unpaired) electrons. The summed E-state index contributed by atoms with van der Waals surface area (Å²) >= 11 is 0. The summed E-state index contributed by atoms with van der Waals surface area (Å²) in [6, 6.07) is 8.34. The Morgan fingerprint density at radius 1 is 1.41 bits per heavy atom. The Morgan fingerprint density at radius 2 is 2.18 bits per heavy atom. The monoisotopic (exact) mass is 343 g/mol. The Hall–Kier alpha value is -1.22. The van der Waals surface area contributed by atoms with Gasteiger partial charge in [-0.3, -0.25) is 4.99 Å². The third-order valence-electron chi connectivity index (χ3n) is 2.12. The number of halogens is 1. The van der Waals surface area contributed by atoms with Crippen molar-refractivity contribution in [1.29, 1.82) is 0 Å². The van der Waals surface area contributed by atoms with Crippen LogP contribution in [0.5, 0.6) is 0 Å². The summed E-state index contributed by atoms with van der Waals surface area (Å²) in [6.07, 6.45) is 5.16. The summed E-state index contributed by atoms with van der Waals surface area (Å²) < 4.78 is 0. The van der Waals surface area contributed by atoms with E-state index in [9.17, 15) is 0 Å². The van der Waals surface area contributed by atoms with Gasteiger partial charge in [0.1, 0.15) is 0 Å². The summed E-state index contributed by atoms with van der Waals surface area (Å²) in [5.41, 5.74) is 2.48. The third kappa shape index (κ3) is 6.17. The molecular weight excluding hydrogens is 325 g/mol. The van der Waals surface area contributed by atoms with E-state index in [0.29, 0.717) is 6.54 Å². The fourth-order valence-corrected chi connectivity index (χ4v) is 1.36. The van der Waals surface area contributed by atoms with Crippen LogP contribution in [0.1, 0.15) is 11.1 Å². The molecule has 0 aromatic heterocycles. The van der Waals surface area contributed by atoms with Crippen LogP contribution in [0.2, 0.25) is 0 Å². The molecule has 17 heavy (non-hydrogen) atoms. The lowest BCUT2D eigenvalue weighted by Crippen LogP contribution is -2.36. The lowest BCUT2D eigenvalue weighted by atomic mass is 10.1. The highest BCUT2D eigenvalue weighted by atomic mass is 127. The number of hydrogen-bond donors (Lipinski definition) is 2.